The summed E-state index contributed by atoms with van der Waals surface area (Å²) in [6.45, 7) is 0. The Morgan fingerprint density at radius 1 is 0.517 bits per heavy atom. The second kappa shape index (κ2) is 8.70. The molecule has 0 amide bonds. The van der Waals surface area contributed by atoms with E-state index in [-0.39, 0.29) is 0 Å². The van der Waals surface area contributed by atoms with Crippen LogP contribution in [0.1, 0.15) is 16.7 Å². The fraction of sp³-hybridized carbons (Fsp3) is 0.0400. The Morgan fingerprint density at radius 2 is 0.897 bits per heavy atom. The zero-order valence-corrected chi connectivity index (χ0v) is 16.7. The van der Waals surface area contributed by atoms with Crippen LogP contribution < -0.4 is 5.46 Å². The van der Waals surface area contributed by atoms with Crippen LogP contribution in [0.15, 0.2) is 120 Å². The predicted octanol–water partition coefficient (Wildman–Crippen LogP) is 4.45. The quantitative estimate of drug-likeness (QED) is 0.287. The van der Waals surface area contributed by atoms with Crippen LogP contribution in [0.4, 0.5) is 0 Å². The predicted molar refractivity (Wildman–Crippen MR) is 121 cm³/mol. The molecule has 4 heteroatoms. The maximum Gasteiger partial charge on any atom is 0.488 e. The lowest BCUT2D eigenvalue weighted by Gasteiger charge is -2.35. The number of hydrogen-bond acceptors (Lipinski definition) is 3. The molecule has 4 aromatic rings. The summed E-state index contributed by atoms with van der Waals surface area (Å²) in [5.74, 6) is 0. The molecule has 0 saturated carbocycles. The standard InChI is InChI=1S/C25H21BO2S/c27-26(28)23-16-18-24(19-17-23)29-25(20-10-4-1-5-11-20,21-12-6-2-7-13-21)22-14-8-3-9-15-22/h1-19,27-28H. The van der Waals surface area contributed by atoms with Crippen LogP contribution in [-0.4, -0.2) is 17.2 Å². The number of thioether (sulfide) groups is 1. The van der Waals surface area contributed by atoms with Crippen molar-refractivity contribution in [2.24, 2.45) is 0 Å². The molecule has 0 aliphatic heterocycles. The third-order valence-electron chi connectivity index (χ3n) is 4.99. The van der Waals surface area contributed by atoms with Crippen LogP contribution in [0.2, 0.25) is 0 Å². The van der Waals surface area contributed by atoms with Gasteiger partial charge in [-0.3, -0.25) is 0 Å². The molecular formula is C25H21BO2S. The maximum atomic E-state index is 9.43. The number of hydrogen-bond donors (Lipinski definition) is 2. The van der Waals surface area contributed by atoms with Crippen molar-refractivity contribution < 1.29 is 10.0 Å². The van der Waals surface area contributed by atoms with Gasteiger partial charge in [-0.2, -0.15) is 0 Å². The molecule has 0 heterocycles. The molecule has 0 unspecified atom stereocenters. The van der Waals surface area contributed by atoms with Crippen LogP contribution >= 0.6 is 11.8 Å². The van der Waals surface area contributed by atoms with Gasteiger partial charge < -0.3 is 10.0 Å². The van der Waals surface area contributed by atoms with E-state index in [0.29, 0.717) is 5.46 Å². The zero-order valence-electron chi connectivity index (χ0n) is 15.8. The van der Waals surface area contributed by atoms with Gasteiger partial charge in [0.2, 0.25) is 0 Å². The Hall–Kier alpha value is -2.79. The lowest BCUT2D eigenvalue weighted by atomic mass is 9.81. The summed E-state index contributed by atoms with van der Waals surface area (Å²) < 4.78 is -0.441. The van der Waals surface area contributed by atoms with E-state index in [4.69, 9.17) is 0 Å². The first kappa shape index (κ1) is 19.5. The molecule has 142 valence electrons. The van der Waals surface area contributed by atoms with E-state index in [0.717, 1.165) is 4.90 Å². The monoisotopic (exact) mass is 396 g/mol. The average molecular weight is 396 g/mol. The highest BCUT2D eigenvalue weighted by Gasteiger charge is 2.37. The van der Waals surface area contributed by atoms with E-state index in [1.807, 2.05) is 30.3 Å². The van der Waals surface area contributed by atoms with Crippen molar-refractivity contribution >= 4 is 24.3 Å². The van der Waals surface area contributed by atoms with E-state index < -0.39 is 11.9 Å². The van der Waals surface area contributed by atoms with Crippen LogP contribution in [0.3, 0.4) is 0 Å². The molecule has 0 spiro atoms. The van der Waals surface area contributed by atoms with Gasteiger partial charge in [0.15, 0.2) is 0 Å². The van der Waals surface area contributed by atoms with Crippen molar-refractivity contribution in [2.45, 2.75) is 9.64 Å². The fourth-order valence-electron chi connectivity index (χ4n) is 3.58. The first-order chi connectivity index (χ1) is 14.2. The van der Waals surface area contributed by atoms with Gasteiger partial charge in [0, 0.05) is 4.90 Å². The Kier molecular flexibility index (Phi) is 5.86. The first-order valence-electron chi connectivity index (χ1n) is 9.52. The Morgan fingerprint density at radius 3 is 1.24 bits per heavy atom. The summed E-state index contributed by atoms with van der Waals surface area (Å²) >= 11 is 1.75. The van der Waals surface area contributed by atoms with Crippen LogP contribution in [0.5, 0.6) is 0 Å². The number of benzene rings is 4. The van der Waals surface area contributed by atoms with E-state index in [2.05, 4.69) is 72.8 Å². The topological polar surface area (TPSA) is 40.5 Å². The summed E-state index contributed by atoms with van der Waals surface area (Å²) in [5.41, 5.74) is 4.05. The molecule has 0 atom stereocenters. The Labute approximate surface area is 176 Å². The van der Waals surface area contributed by atoms with E-state index in [9.17, 15) is 10.0 Å². The van der Waals surface area contributed by atoms with E-state index in [1.54, 1.807) is 23.9 Å². The molecule has 0 aliphatic carbocycles. The Bertz CT molecular complexity index is 940. The van der Waals surface area contributed by atoms with Gasteiger partial charge in [0.1, 0.15) is 0 Å². The minimum atomic E-state index is -1.46. The molecule has 2 nitrogen and oxygen atoms in total. The summed E-state index contributed by atoms with van der Waals surface area (Å²) in [7, 11) is -1.46. The van der Waals surface area contributed by atoms with Crippen molar-refractivity contribution in [3.05, 3.63) is 132 Å². The van der Waals surface area contributed by atoms with Gasteiger partial charge in [-0.15, -0.1) is 11.8 Å². The summed E-state index contributed by atoms with van der Waals surface area (Å²) in [6, 6.07) is 38.9. The molecule has 4 rings (SSSR count). The van der Waals surface area contributed by atoms with Crippen molar-refractivity contribution in [3.63, 3.8) is 0 Å². The molecule has 0 aliphatic rings. The van der Waals surface area contributed by atoms with Crippen LogP contribution in [-0.2, 0) is 4.75 Å². The van der Waals surface area contributed by atoms with Gasteiger partial charge in [0.05, 0.1) is 4.75 Å². The highest BCUT2D eigenvalue weighted by molar-refractivity contribution is 8.00. The van der Waals surface area contributed by atoms with Gasteiger partial charge in [-0.25, -0.2) is 0 Å². The third kappa shape index (κ3) is 4.01. The second-order valence-electron chi connectivity index (χ2n) is 6.82. The van der Waals surface area contributed by atoms with Gasteiger partial charge >= 0.3 is 7.12 Å². The molecule has 0 aromatic heterocycles. The average Bonchev–Trinajstić information content (AvgIpc) is 2.79. The molecule has 4 aromatic carbocycles. The SMILES string of the molecule is OB(O)c1ccc(SC(c2ccccc2)(c2ccccc2)c2ccccc2)cc1. The van der Waals surface area contributed by atoms with Crippen molar-refractivity contribution in [2.75, 3.05) is 0 Å². The third-order valence-corrected chi connectivity index (χ3v) is 6.51. The van der Waals surface area contributed by atoms with Gasteiger partial charge in [-0.1, -0.05) is 103 Å². The normalized spacial score (nSPS) is 11.2. The summed E-state index contributed by atoms with van der Waals surface area (Å²) in [4.78, 5) is 1.05. The second-order valence-corrected chi connectivity index (χ2v) is 8.11. The minimum absolute atomic E-state index is 0.441. The highest BCUT2D eigenvalue weighted by Crippen LogP contribution is 2.51. The molecule has 0 radical (unpaired) electrons. The number of rotatable bonds is 6. The molecule has 0 saturated heterocycles. The lowest BCUT2D eigenvalue weighted by Crippen LogP contribution is -2.29. The minimum Gasteiger partial charge on any atom is -0.423 e. The fourth-order valence-corrected chi connectivity index (χ4v) is 4.97. The van der Waals surface area contributed by atoms with Gasteiger partial charge in [0.25, 0.3) is 0 Å². The molecule has 0 fully saturated rings. The molecular weight excluding hydrogens is 375 g/mol. The molecule has 0 bridgehead atoms. The summed E-state index contributed by atoms with van der Waals surface area (Å²) in [5, 5.41) is 18.9. The van der Waals surface area contributed by atoms with Crippen molar-refractivity contribution in [1.29, 1.82) is 0 Å². The van der Waals surface area contributed by atoms with Crippen molar-refractivity contribution in [1.82, 2.24) is 0 Å². The molecule has 29 heavy (non-hydrogen) atoms. The Balaban J connectivity index is 1.92. The van der Waals surface area contributed by atoms with Crippen molar-refractivity contribution in [3.8, 4) is 0 Å². The summed E-state index contributed by atoms with van der Waals surface area (Å²) in [6.07, 6.45) is 0. The van der Waals surface area contributed by atoms with Crippen LogP contribution in [0, 0.1) is 0 Å². The van der Waals surface area contributed by atoms with E-state index in [1.165, 1.54) is 16.7 Å². The molecule has 2 N–H and O–H groups in total. The first-order valence-corrected chi connectivity index (χ1v) is 10.3. The van der Waals surface area contributed by atoms with E-state index >= 15 is 0 Å². The lowest BCUT2D eigenvalue weighted by molar-refractivity contribution is 0.426. The zero-order chi connectivity index (χ0) is 20.1. The maximum absolute atomic E-state index is 9.43. The largest absolute Gasteiger partial charge is 0.488 e. The van der Waals surface area contributed by atoms with Crippen LogP contribution in [0.25, 0.3) is 0 Å². The van der Waals surface area contributed by atoms with Gasteiger partial charge in [-0.05, 0) is 34.3 Å². The highest BCUT2D eigenvalue weighted by atomic mass is 32.2. The smallest absolute Gasteiger partial charge is 0.423 e.